The molecule has 0 aliphatic rings. The number of hydrogen-bond acceptors (Lipinski definition) is 4. The molecule has 7 heteroatoms. The highest BCUT2D eigenvalue weighted by Crippen LogP contribution is 2.25. The molecule has 0 saturated heterocycles. The van der Waals surface area contributed by atoms with Gasteiger partial charge in [0.05, 0.1) is 5.75 Å². The third kappa shape index (κ3) is 3.49. The van der Waals surface area contributed by atoms with E-state index in [1.165, 1.54) is 11.1 Å². The Morgan fingerprint density at radius 1 is 1.19 bits per heavy atom. The Labute approximate surface area is 156 Å². The molecule has 3 rings (SSSR count). The van der Waals surface area contributed by atoms with Crippen molar-refractivity contribution in [1.29, 1.82) is 0 Å². The molecule has 1 N–H and O–H groups in total. The van der Waals surface area contributed by atoms with Gasteiger partial charge in [0.1, 0.15) is 5.82 Å². The third-order valence-corrected chi connectivity index (χ3v) is 5.68. The summed E-state index contributed by atoms with van der Waals surface area (Å²) in [5, 5.41) is 0. The molecule has 3 aromatic rings. The lowest BCUT2D eigenvalue weighted by Gasteiger charge is -2.05. The highest BCUT2D eigenvalue weighted by molar-refractivity contribution is 7.98. The van der Waals surface area contributed by atoms with E-state index in [2.05, 4.69) is 48.9 Å². The van der Waals surface area contributed by atoms with Crippen molar-refractivity contribution < 1.29 is 0 Å². The number of fused-ring (bicyclic) bond motifs is 1. The van der Waals surface area contributed by atoms with Crippen molar-refractivity contribution >= 4 is 22.9 Å². The number of benzene rings is 1. The van der Waals surface area contributed by atoms with Gasteiger partial charge in [-0.1, -0.05) is 19.4 Å². The summed E-state index contributed by atoms with van der Waals surface area (Å²) in [6.07, 6.45) is 1.83. The molecule has 0 amide bonds. The lowest BCUT2D eigenvalue weighted by Crippen LogP contribution is -2.31. The number of aromatic nitrogens is 4. The van der Waals surface area contributed by atoms with Crippen molar-refractivity contribution in [3.63, 3.8) is 0 Å². The molecule has 0 fully saturated rings. The fourth-order valence-electron chi connectivity index (χ4n) is 2.90. The zero-order chi connectivity index (χ0) is 18.8. The molecule has 0 aliphatic heterocycles. The molecule has 1 aromatic carbocycles. The average Bonchev–Trinajstić information content (AvgIpc) is 2.93. The standard InChI is InChI=1S/C19H24N4O2S/c1-5-6-9-23-17-16(18(24)21-19(23)25)22(4)15(20-17)11-26-14-8-7-12(2)13(3)10-14/h7-8,10H,5-6,9,11H2,1-4H3,(H,21,24,25). The summed E-state index contributed by atoms with van der Waals surface area (Å²) < 4.78 is 3.37. The number of thioether (sulfide) groups is 1. The Bertz CT molecular complexity index is 1060. The van der Waals surface area contributed by atoms with Gasteiger partial charge in [0.15, 0.2) is 11.2 Å². The number of hydrogen-bond donors (Lipinski definition) is 1. The highest BCUT2D eigenvalue weighted by atomic mass is 32.2. The van der Waals surface area contributed by atoms with E-state index in [1.807, 2.05) is 7.05 Å². The summed E-state index contributed by atoms with van der Waals surface area (Å²) in [5.41, 5.74) is 2.69. The van der Waals surface area contributed by atoms with E-state index in [9.17, 15) is 9.59 Å². The number of aryl methyl sites for hydroxylation is 4. The van der Waals surface area contributed by atoms with Gasteiger partial charge in [-0.05, 0) is 43.5 Å². The summed E-state index contributed by atoms with van der Waals surface area (Å²) >= 11 is 1.68. The van der Waals surface area contributed by atoms with Crippen LogP contribution in [0.25, 0.3) is 11.2 Å². The predicted octanol–water partition coefficient (Wildman–Crippen LogP) is 3.13. The van der Waals surface area contributed by atoms with Gasteiger partial charge in [-0.3, -0.25) is 14.3 Å². The van der Waals surface area contributed by atoms with Crippen molar-refractivity contribution in [2.24, 2.45) is 7.05 Å². The molecule has 0 aliphatic carbocycles. The van der Waals surface area contributed by atoms with E-state index < -0.39 is 0 Å². The van der Waals surface area contributed by atoms with Gasteiger partial charge in [-0.2, -0.15) is 0 Å². The second-order valence-electron chi connectivity index (χ2n) is 6.56. The summed E-state index contributed by atoms with van der Waals surface area (Å²) in [4.78, 5) is 32.7. The summed E-state index contributed by atoms with van der Waals surface area (Å²) in [6.45, 7) is 6.82. The van der Waals surface area contributed by atoms with Gasteiger partial charge in [-0.25, -0.2) is 9.78 Å². The fraction of sp³-hybridized carbons (Fsp3) is 0.421. The zero-order valence-electron chi connectivity index (χ0n) is 15.6. The molecule has 2 heterocycles. The Morgan fingerprint density at radius 3 is 2.65 bits per heavy atom. The smallest absolute Gasteiger partial charge is 0.325 e. The van der Waals surface area contributed by atoms with E-state index in [0.29, 0.717) is 23.5 Å². The van der Waals surface area contributed by atoms with E-state index in [0.717, 1.165) is 23.6 Å². The minimum absolute atomic E-state index is 0.379. The van der Waals surface area contributed by atoms with Crippen LogP contribution in [-0.4, -0.2) is 19.1 Å². The van der Waals surface area contributed by atoms with Gasteiger partial charge >= 0.3 is 5.69 Å². The Balaban J connectivity index is 1.97. The SMILES string of the molecule is CCCCn1c(=O)[nH]c(=O)c2c1nc(CSc1ccc(C)c(C)c1)n2C. The van der Waals surface area contributed by atoms with Gasteiger partial charge in [0.2, 0.25) is 0 Å². The summed E-state index contributed by atoms with van der Waals surface area (Å²) in [6, 6.07) is 6.37. The molecule has 0 radical (unpaired) electrons. The van der Waals surface area contributed by atoms with Crippen molar-refractivity contribution in [1.82, 2.24) is 19.1 Å². The Kier molecular flexibility index (Phi) is 5.36. The highest BCUT2D eigenvalue weighted by Gasteiger charge is 2.16. The van der Waals surface area contributed by atoms with Crippen molar-refractivity contribution in [2.75, 3.05) is 0 Å². The first-order chi connectivity index (χ1) is 12.4. The number of rotatable bonds is 6. The van der Waals surface area contributed by atoms with Crippen LogP contribution in [0.2, 0.25) is 0 Å². The van der Waals surface area contributed by atoms with E-state index in [-0.39, 0.29) is 11.2 Å². The van der Waals surface area contributed by atoms with Crippen molar-refractivity contribution in [3.05, 3.63) is 56.0 Å². The van der Waals surface area contributed by atoms with Crippen LogP contribution in [0.15, 0.2) is 32.7 Å². The van der Waals surface area contributed by atoms with Crippen LogP contribution in [0.5, 0.6) is 0 Å². The van der Waals surface area contributed by atoms with Crippen molar-refractivity contribution in [2.45, 2.75) is 50.8 Å². The minimum atomic E-state index is -0.387. The normalized spacial score (nSPS) is 11.4. The molecule has 0 unspecified atom stereocenters. The summed E-state index contributed by atoms with van der Waals surface area (Å²) in [7, 11) is 1.83. The molecule has 6 nitrogen and oxygen atoms in total. The second kappa shape index (κ2) is 7.53. The molecular formula is C19H24N4O2S. The van der Waals surface area contributed by atoms with Crippen LogP contribution in [-0.2, 0) is 19.3 Å². The van der Waals surface area contributed by atoms with E-state index >= 15 is 0 Å². The molecular weight excluding hydrogens is 348 g/mol. The molecule has 2 aromatic heterocycles. The predicted molar refractivity (Wildman–Crippen MR) is 106 cm³/mol. The molecule has 0 bridgehead atoms. The fourth-order valence-corrected chi connectivity index (χ4v) is 3.87. The van der Waals surface area contributed by atoms with Crippen LogP contribution in [0, 0.1) is 13.8 Å². The molecule has 0 saturated carbocycles. The first-order valence-electron chi connectivity index (χ1n) is 8.80. The van der Waals surface area contributed by atoms with E-state index in [1.54, 1.807) is 20.9 Å². The quantitative estimate of drug-likeness (QED) is 0.675. The largest absolute Gasteiger partial charge is 0.330 e. The number of nitrogens with one attached hydrogen (secondary N) is 1. The van der Waals surface area contributed by atoms with Crippen LogP contribution in [0.4, 0.5) is 0 Å². The monoisotopic (exact) mass is 372 g/mol. The Morgan fingerprint density at radius 2 is 1.96 bits per heavy atom. The van der Waals surface area contributed by atoms with Crippen LogP contribution in [0.3, 0.4) is 0 Å². The van der Waals surface area contributed by atoms with Crippen LogP contribution < -0.4 is 11.2 Å². The van der Waals surface area contributed by atoms with Gasteiger partial charge in [-0.15, -0.1) is 11.8 Å². The number of unbranched alkanes of at least 4 members (excludes halogenated alkanes) is 1. The number of aromatic amines is 1. The van der Waals surface area contributed by atoms with E-state index in [4.69, 9.17) is 0 Å². The van der Waals surface area contributed by atoms with Gasteiger partial charge < -0.3 is 4.57 Å². The first kappa shape index (κ1) is 18.5. The van der Waals surface area contributed by atoms with Gasteiger partial charge in [0, 0.05) is 18.5 Å². The maximum absolute atomic E-state index is 12.3. The van der Waals surface area contributed by atoms with Gasteiger partial charge in [0.25, 0.3) is 5.56 Å². The summed E-state index contributed by atoms with van der Waals surface area (Å²) in [5.74, 6) is 1.42. The molecule has 138 valence electrons. The first-order valence-corrected chi connectivity index (χ1v) is 9.79. The van der Waals surface area contributed by atoms with Crippen LogP contribution >= 0.6 is 11.8 Å². The molecule has 0 spiro atoms. The average molecular weight is 372 g/mol. The lowest BCUT2D eigenvalue weighted by molar-refractivity contribution is 0.613. The number of nitrogens with zero attached hydrogens (tertiary/aromatic N) is 3. The molecule has 26 heavy (non-hydrogen) atoms. The Hall–Kier alpha value is -2.28. The topological polar surface area (TPSA) is 72.7 Å². The maximum Gasteiger partial charge on any atom is 0.330 e. The lowest BCUT2D eigenvalue weighted by atomic mass is 10.1. The zero-order valence-corrected chi connectivity index (χ0v) is 16.4. The number of imidazole rings is 1. The third-order valence-electron chi connectivity index (χ3n) is 4.69. The number of H-pyrrole nitrogens is 1. The van der Waals surface area contributed by atoms with Crippen LogP contribution in [0.1, 0.15) is 36.7 Å². The maximum atomic E-state index is 12.3. The minimum Gasteiger partial charge on any atom is -0.325 e. The van der Waals surface area contributed by atoms with Crippen molar-refractivity contribution in [3.8, 4) is 0 Å². The second-order valence-corrected chi connectivity index (χ2v) is 7.61. The molecule has 0 atom stereocenters.